The second-order valence-electron chi connectivity index (χ2n) is 13.9. The minimum atomic E-state index is -2.04. The van der Waals surface area contributed by atoms with Gasteiger partial charge in [-0.1, -0.05) is 194 Å². The molecule has 9 rings (SSSR count). The van der Waals surface area contributed by atoms with Crippen molar-refractivity contribution in [3.63, 3.8) is 0 Å². The molecular weight excluding hydrogens is 700 g/mol. The Kier molecular flexibility index (Phi) is 9.72. The van der Waals surface area contributed by atoms with Gasteiger partial charge in [-0.05, 0) is 75.0 Å². The summed E-state index contributed by atoms with van der Waals surface area (Å²) in [6.45, 7) is 0. The fourth-order valence-electron chi connectivity index (χ4n) is 8.11. The number of tetrazole rings is 1. The SMILES string of the molecule is c1ccc(C(c2ccccc2)(c2ccccc2)n2nnc(-c3ccccc3-c3ccc(C[P+](c4ccccc4)(c4ccccc4)c4ccccc4)cc3)n2)cc1. The van der Waals surface area contributed by atoms with Crippen molar-refractivity contribution in [1.29, 1.82) is 0 Å². The van der Waals surface area contributed by atoms with Crippen LogP contribution in [0.4, 0.5) is 0 Å². The standard InChI is InChI=1S/C51H40N4P/c1-7-21-42(22-8-1)51(43-23-9-2-10-24-43,44-25-11-3-12-26-44)55-53-50(52-54-55)49-34-20-19-33-48(49)41-37-35-40(36-38-41)39-56(45-27-13-4-14-28-45,46-29-15-5-16-30-46)47-31-17-6-18-32-47/h1-38H,39H2/q+1. The number of nitrogens with zero attached hydrogens (tertiary/aromatic N) is 4. The molecule has 0 bridgehead atoms. The van der Waals surface area contributed by atoms with E-state index in [0.717, 1.165) is 39.5 Å². The Morgan fingerprint density at radius 3 is 1.20 bits per heavy atom. The van der Waals surface area contributed by atoms with Crippen molar-refractivity contribution in [2.75, 3.05) is 0 Å². The average molecular weight is 740 g/mol. The fourth-order valence-corrected chi connectivity index (χ4v) is 12.4. The van der Waals surface area contributed by atoms with E-state index < -0.39 is 12.8 Å². The molecule has 1 heterocycles. The van der Waals surface area contributed by atoms with Crippen LogP contribution >= 0.6 is 7.26 Å². The molecule has 0 unspecified atom stereocenters. The van der Waals surface area contributed by atoms with Crippen molar-refractivity contribution in [3.8, 4) is 22.5 Å². The molecule has 0 aliphatic carbocycles. The highest BCUT2D eigenvalue weighted by Gasteiger charge is 2.45. The highest BCUT2D eigenvalue weighted by atomic mass is 31.2. The Morgan fingerprint density at radius 1 is 0.393 bits per heavy atom. The van der Waals surface area contributed by atoms with Gasteiger partial charge in [0.05, 0.1) is 6.16 Å². The molecule has 0 fully saturated rings. The van der Waals surface area contributed by atoms with Gasteiger partial charge in [0.1, 0.15) is 23.2 Å². The highest BCUT2D eigenvalue weighted by Crippen LogP contribution is 2.58. The van der Waals surface area contributed by atoms with Crippen LogP contribution in [-0.2, 0) is 11.7 Å². The minimum absolute atomic E-state index is 0.569. The van der Waals surface area contributed by atoms with E-state index in [0.29, 0.717) is 5.82 Å². The molecule has 4 nitrogen and oxygen atoms in total. The maximum absolute atomic E-state index is 5.23. The van der Waals surface area contributed by atoms with Gasteiger partial charge < -0.3 is 0 Å². The molecule has 1 aromatic heterocycles. The fraction of sp³-hybridized carbons (Fsp3) is 0.0392. The van der Waals surface area contributed by atoms with Crippen LogP contribution in [0, 0.1) is 0 Å². The summed E-state index contributed by atoms with van der Waals surface area (Å²) in [5, 5.41) is 19.0. The van der Waals surface area contributed by atoms with Crippen molar-refractivity contribution in [2.45, 2.75) is 11.7 Å². The lowest BCUT2D eigenvalue weighted by Crippen LogP contribution is -2.39. The van der Waals surface area contributed by atoms with E-state index in [1.54, 1.807) is 4.80 Å². The maximum atomic E-state index is 5.23. The molecular formula is C51H40N4P+. The summed E-state index contributed by atoms with van der Waals surface area (Å²) in [5.74, 6) is 0.569. The Labute approximate surface area is 329 Å². The molecule has 0 aliphatic heterocycles. The van der Waals surface area contributed by atoms with Gasteiger partial charge >= 0.3 is 0 Å². The molecule has 0 atom stereocenters. The van der Waals surface area contributed by atoms with Gasteiger partial charge in [0, 0.05) is 5.56 Å². The second kappa shape index (κ2) is 15.5. The first-order valence-corrected chi connectivity index (χ1v) is 20.9. The van der Waals surface area contributed by atoms with E-state index in [4.69, 9.17) is 15.4 Å². The van der Waals surface area contributed by atoms with Crippen LogP contribution in [0.1, 0.15) is 22.3 Å². The quantitative estimate of drug-likeness (QED) is 0.0980. The molecule has 0 saturated heterocycles. The second-order valence-corrected chi connectivity index (χ2v) is 17.4. The largest absolute Gasteiger partial charge is 0.205 e. The topological polar surface area (TPSA) is 43.6 Å². The Balaban J connectivity index is 1.13. The lowest BCUT2D eigenvalue weighted by atomic mass is 9.77. The first-order chi connectivity index (χ1) is 27.8. The molecule has 9 aromatic rings. The van der Waals surface area contributed by atoms with E-state index in [9.17, 15) is 0 Å². The molecule has 56 heavy (non-hydrogen) atoms. The van der Waals surface area contributed by atoms with Crippen molar-refractivity contribution >= 4 is 23.2 Å². The van der Waals surface area contributed by atoms with Crippen LogP contribution in [0.15, 0.2) is 231 Å². The molecule has 0 amide bonds. The Morgan fingerprint density at radius 2 is 0.768 bits per heavy atom. The summed E-state index contributed by atoms with van der Waals surface area (Å²) in [4.78, 5) is 1.79. The van der Waals surface area contributed by atoms with Crippen molar-refractivity contribution in [1.82, 2.24) is 20.2 Å². The Hall–Kier alpha value is -6.74. The summed E-state index contributed by atoms with van der Waals surface area (Å²) in [7, 11) is -2.04. The third-order valence-electron chi connectivity index (χ3n) is 10.7. The van der Waals surface area contributed by atoms with E-state index in [1.165, 1.54) is 21.5 Å². The van der Waals surface area contributed by atoms with Gasteiger partial charge in [-0.25, -0.2) is 0 Å². The van der Waals surface area contributed by atoms with Crippen molar-refractivity contribution in [2.24, 2.45) is 0 Å². The van der Waals surface area contributed by atoms with Crippen molar-refractivity contribution in [3.05, 3.63) is 253 Å². The summed E-state index contributed by atoms with van der Waals surface area (Å²) in [6.07, 6.45) is 0.906. The van der Waals surface area contributed by atoms with Crippen LogP contribution in [0.3, 0.4) is 0 Å². The lowest BCUT2D eigenvalue weighted by Gasteiger charge is -2.34. The zero-order valence-electron chi connectivity index (χ0n) is 30.9. The maximum Gasteiger partial charge on any atom is 0.205 e. The van der Waals surface area contributed by atoms with Gasteiger partial charge in [0.15, 0.2) is 5.54 Å². The van der Waals surface area contributed by atoms with Gasteiger partial charge in [-0.2, -0.15) is 0 Å². The van der Waals surface area contributed by atoms with Gasteiger partial charge in [-0.15, -0.1) is 15.0 Å². The third-order valence-corrected chi connectivity index (χ3v) is 15.1. The summed E-state index contributed by atoms with van der Waals surface area (Å²) < 4.78 is 0. The molecule has 0 radical (unpaired) electrons. The van der Waals surface area contributed by atoms with Crippen LogP contribution in [0.25, 0.3) is 22.5 Å². The third kappa shape index (κ3) is 6.34. The van der Waals surface area contributed by atoms with Gasteiger partial charge in [-0.3, -0.25) is 0 Å². The van der Waals surface area contributed by atoms with Crippen LogP contribution in [-0.4, -0.2) is 20.2 Å². The minimum Gasteiger partial charge on any atom is -0.144 e. The molecule has 0 aliphatic rings. The zero-order valence-corrected chi connectivity index (χ0v) is 31.8. The molecule has 8 aromatic carbocycles. The summed E-state index contributed by atoms with van der Waals surface area (Å²) in [5.41, 5.74) is 6.66. The molecule has 0 saturated carbocycles. The van der Waals surface area contributed by atoms with E-state index in [1.807, 2.05) is 24.3 Å². The predicted octanol–water partition coefficient (Wildman–Crippen LogP) is 10.3. The van der Waals surface area contributed by atoms with E-state index in [2.05, 4.69) is 206 Å². The lowest BCUT2D eigenvalue weighted by molar-refractivity contribution is 0.396. The highest BCUT2D eigenvalue weighted by molar-refractivity contribution is 7.95. The van der Waals surface area contributed by atoms with Crippen molar-refractivity contribution < 1.29 is 0 Å². The number of rotatable bonds is 11. The zero-order chi connectivity index (χ0) is 37.6. The molecule has 5 heteroatoms. The average Bonchev–Trinajstić information content (AvgIpc) is 3.79. The number of aromatic nitrogens is 4. The number of hydrogen-bond donors (Lipinski definition) is 0. The number of benzene rings is 8. The Bertz CT molecular complexity index is 2440. The van der Waals surface area contributed by atoms with E-state index in [-0.39, 0.29) is 0 Å². The van der Waals surface area contributed by atoms with Crippen LogP contribution in [0.2, 0.25) is 0 Å². The summed E-state index contributed by atoms with van der Waals surface area (Å²) in [6, 6.07) is 82.0. The predicted molar refractivity (Wildman–Crippen MR) is 232 cm³/mol. The summed E-state index contributed by atoms with van der Waals surface area (Å²) >= 11 is 0. The van der Waals surface area contributed by atoms with Crippen LogP contribution < -0.4 is 15.9 Å². The van der Waals surface area contributed by atoms with Gasteiger partial charge in [0.2, 0.25) is 5.82 Å². The first kappa shape index (κ1) is 35.0. The molecule has 268 valence electrons. The molecule has 0 spiro atoms. The smallest absolute Gasteiger partial charge is 0.144 e. The monoisotopic (exact) mass is 739 g/mol. The van der Waals surface area contributed by atoms with E-state index >= 15 is 0 Å². The number of hydrogen-bond acceptors (Lipinski definition) is 3. The normalized spacial score (nSPS) is 11.6. The van der Waals surface area contributed by atoms with Gasteiger partial charge in [0.25, 0.3) is 0 Å². The van der Waals surface area contributed by atoms with Crippen LogP contribution in [0.5, 0.6) is 0 Å². The first-order valence-electron chi connectivity index (χ1n) is 19.0. The molecule has 0 N–H and O–H groups in total.